The summed E-state index contributed by atoms with van der Waals surface area (Å²) in [7, 11) is 0. The Balaban J connectivity index is 2.11. The SMILES string of the molecule is O=C(O)CNCNCc1cn([C@@H]2O[C@H](CO)[C@@H](O)[C@H]2O)c(=S)[nH]c1=O. The van der Waals surface area contributed by atoms with Crippen molar-refractivity contribution in [2.75, 3.05) is 19.8 Å². The smallest absolute Gasteiger partial charge is 0.317 e. The van der Waals surface area contributed by atoms with Crippen LogP contribution < -0.4 is 16.2 Å². The van der Waals surface area contributed by atoms with Crippen molar-refractivity contribution in [1.82, 2.24) is 20.2 Å². The standard InChI is InChI=1S/C13H20N4O7S/c18-4-7-9(21)10(22)12(24-7)17-3-6(11(23)16-13(17)25)1-14-5-15-2-8(19)20/h3,7,9-10,12,14-15,18,21-22H,1-2,4-5H2,(H,19,20)(H,16,23,25)/t7-,9-,10-,12-/m1/s1. The van der Waals surface area contributed by atoms with Crippen LogP contribution in [0.2, 0.25) is 0 Å². The molecule has 2 rings (SSSR count). The van der Waals surface area contributed by atoms with Crippen LogP contribution in [-0.2, 0) is 16.1 Å². The lowest BCUT2D eigenvalue weighted by atomic mass is 10.1. The largest absolute Gasteiger partial charge is 0.480 e. The van der Waals surface area contributed by atoms with Gasteiger partial charge in [0.05, 0.1) is 13.2 Å². The van der Waals surface area contributed by atoms with Gasteiger partial charge in [0, 0.05) is 25.0 Å². The average molecular weight is 376 g/mol. The number of carbonyl (C=O) groups is 1. The van der Waals surface area contributed by atoms with E-state index in [0.29, 0.717) is 0 Å². The van der Waals surface area contributed by atoms with Crippen LogP contribution in [0.5, 0.6) is 0 Å². The predicted octanol–water partition coefficient (Wildman–Crippen LogP) is -2.76. The van der Waals surface area contributed by atoms with E-state index in [9.17, 15) is 19.8 Å². The van der Waals surface area contributed by atoms with E-state index in [4.69, 9.17) is 27.2 Å². The molecule has 0 radical (unpaired) electrons. The minimum absolute atomic E-state index is 0.00686. The second-order valence-electron chi connectivity index (χ2n) is 5.47. The summed E-state index contributed by atoms with van der Waals surface area (Å²) in [6, 6.07) is 0. The summed E-state index contributed by atoms with van der Waals surface area (Å²) in [5, 5.41) is 43.0. The molecule has 4 atom stereocenters. The van der Waals surface area contributed by atoms with E-state index in [1.807, 2.05) is 0 Å². The highest BCUT2D eigenvalue weighted by molar-refractivity contribution is 7.71. The molecule has 1 fully saturated rings. The number of rotatable bonds is 8. The van der Waals surface area contributed by atoms with Gasteiger partial charge in [-0.05, 0) is 12.2 Å². The van der Waals surface area contributed by atoms with Crippen molar-refractivity contribution >= 4 is 18.2 Å². The van der Waals surface area contributed by atoms with E-state index in [1.165, 1.54) is 10.8 Å². The molecule has 25 heavy (non-hydrogen) atoms. The first-order valence-electron chi connectivity index (χ1n) is 7.45. The molecule has 7 N–H and O–H groups in total. The molecule has 0 amide bonds. The molecule has 1 aliphatic heterocycles. The molecule has 2 heterocycles. The number of aromatic nitrogens is 2. The molecule has 140 valence electrons. The van der Waals surface area contributed by atoms with E-state index in [1.54, 1.807) is 0 Å². The Kier molecular flexibility index (Phi) is 6.78. The average Bonchev–Trinajstić information content (AvgIpc) is 2.84. The number of carboxylic acids is 1. The Bertz CT molecular complexity index is 721. The Morgan fingerprint density at radius 1 is 1.36 bits per heavy atom. The zero-order valence-corrected chi connectivity index (χ0v) is 13.9. The molecule has 0 unspecified atom stereocenters. The third-order valence-electron chi connectivity index (χ3n) is 3.67. The monoisotopic (exact) mass is 376 g/mol. The van der Waals surface area contributed by atoms with Crippen LogP contribution in [-0.4, -0.2) is 74.1 Å². The molecular weight excluding hydrogens is 356 g/mol. The Morgan fingerprint density at radius 2 is 2.08 bits per heavy atom. The summed E-state index contributed by atoms with van der Waals surface area (Å²) >= 11 is 5.06. The molecule has 1 aromatic heterocycles. The first-order valence-corrected chi connectivity index (χ1v) is 7.86. The number of H-pyrrole nitrogens is 1. The van der Waals surface area contributed by atoms with Crippen molar-refractivity contribution in [1.29, 1.82) is 0 Å². The summed E-state index contributed by atoms with van der Waals surface area (Å²) in [4.78, 5) is 24.8. The lowest BCUT2D eigenvalue weighted by molar-refractivity contribution is -0.135. The third-order valence-corrected chi connectivity index (χ3v) is 3.99. The summed E-state index contributed by atoms with van der Waals surface area (Å²) in [6.07, 6.45) is -3.25. The molecule has 0 aliphatic carbocycles. The van der Waals surface area contributed by atoms with Gasteiger partial charge in [0.2, 0.25) is 0 Å². The van der Waals surface area contributed by atoms with Crippen LogP contribution >= 0.6 is 12.2 Å². The molecule has 1 aromatic rings. The maximum absolute atomic E-state index is 12.0. The van der Waals surface area contributed by atoms with Gasteiger partial charge in [-0.25, -0.2) is 0 Å². The van der Waals surface area contributed by atoms with Crippen molar-refractivity contribution in [3.05, 3.63) is 26.9 Å². The van der Waals surface area contributed by atoms with E-state index < -0.39 is 42.7 Å². The normalized spacial score (nSPS) is 26.0. The molecule has 0 spiro atoms. The van der Waals surface area contributed by atoms with Crippen LogP contribution in [0.15, 0.2) is 11.0 Å². The summed E-state index contributed by atoms with van der Waals surface area (Å²) < 4.78 is 6.68. The molecule has 12 heteroatoms. The minimum atomic E-state index is -1.33. The number of ether oxygens (including phenoxy) is 1. The van der Waals surface area contributed by atoms with E-state index in [2.05, 4.69) is 15.6 Å². The maximum atomic E-state index is 12.0. The fourth-order valence-corrected chi connectivity index (χ4v) is 2.66. The number of nitrogens with one attached hydrogen (secondary N) is 3. The van der Waals surface area contributed by atoms with Gasteiger partial charge < -0.3 is 30.5 Å². The van der Waals surface area contributed by atoms with Crippen LogP contribution in [0.4, 0.5) is 0 Å². The molecule has 11 nitrogen and oxygen atoms in total. The molecule has 0 saturated carbocycles. The van der Waals surface area contributed by atoms with E-state index in [0.717, 1.165) is 0 Å². The van der Waals surface area contributed by atoms with E-state index in [-0.39, 0.29) is 30.1 Å². The lowest BCUT2D eigenvalue weighted by Gasteiger charge is -2.19. The Labute approximate surface area is 146 Å². The van der Waals surface area contributed by atoms with Gasteiger partial charge in [-0.1, -0.05) is 0 Å². The number of aliphatic hydroxyl groups excluding tert-OH is 3. The molecule has 1 aliphatic rings. The number of aliphatic carboxylic acids is 1. The maximum Gasteiger partial charge on any atom is 0.317 e. The van der Waals surface area contributed by atoms with Crippen LogP contribution in [0.1, 0.15) is 11.8 Å². The van der Waals surface area contributed by atoms with Gasteiger partial charge in [-0.15, -0.1) is 0 Å². The van der Waals surface area contributed by atoms with Gasteiger partial charge >= 0.3 is 5.97 Å². The molecule has 0 bridgehead atoms. The van der Waals surface area contributed by atoms with E-state index >= 15 is 0 Å². The zero-order valence-electron chi connectivity index (χ0n) is 13.1. The van der Waals surface area contributed by atoms with Gasteiger partial charge in [0.15, 0.2) is 11.0 Å². The highest BCUT2D eigenvalue weighted by Crippen LogP contribution is 2.29. The zero-order chi connectivity index (χ0) is 18.6. The number of carboxylic acid groups (broad SMARTS) is 1. The number of nitrogens with zero attached hydrogens (tertiary/aromatic N) is 1. The molecule has 0 aromatic carbocycles. The predicted molar refractivity (Wildman–Crippen MR) is 86.2 cm³/mol. The number of aliphatic hydroxyl groups is 3. The van der Waals surface area contributed by atoms with Gasteiger partial charge in [0.1, 0.15) is 18.3 Å². The first kappa shape index (κ1) is 19.7. The first-order chi connectivity index (χ1) is 11.8. The van der Waals surface area contributed by atoms with Crippen LogP contribution in [0.25, 0.3) is 0 Å². The van der Waals surface area contributed by atoms with Crippen LogP contribution in [0, 0.1) is 4.77 Å². The van der Waals surface area contributed by atoms with Crippen molar-refractivity contribution in [3.63, 3.8) is 0 Å². The second-order valence-corrected chi connectivity index (χ2v) is 5.86. The topological polar surface area (TPSA) is 169 Å². The summed E-state index contributed by atoms with van der Waals surface area (Å²) in [5.41, 5.74) is -0.179. The summed E-state index contributed by atoms with van der Waals surface area (Å²) in [6.45, 7) is -0.437. The fraction of sp³-hybridized carbons (Fsp3) is 0.615. The second kappa shape index (κ2) is 8.62. The highest BCUT2D eigenvalue weighted by Gasteiger charge is 2.43. The Morgan fingerprint density at radius 3 is 2.68 bits per heavy atom. The highest BCUT2D eigenvalue weighted by atomic mass is 32.1. The lowest BCUT2D eigenvalue weighted by Crippen LogP contribution is -2.35. The summed E-state index contributed by atoms with van der Waals surface area (Å²) in [5.74, 6) is -1.00. The third kappa shape index (κ3) is 4.70. The fourth-order valence-electron chi connectivity index (χ4n) is 2.41. The molecular formula is C13H20N4O7S. The van der Waals surface area contributed by atoms with Gasteiger partial charge in [-0.2, -0.15) is 0 Å². The van der Waals surface area contributed by atoms with Gasteiger partial charge in [0.25, 0.3) is 5.56 Å². The van der Waals surface area contributed by atoms with Crippen molar-refractivity contribution in [2.45, 2.75) is 31.1 Å². The van der Waals surface area contributed by atoms with Crippen molar-refractivity contribution in [2.24, 2.45) is 0 Å². The van der Waals surface area contributed by atoms with Gasteiger partial charge in [-0.3, -0.25) is 24.5 Å². The Hall–Kier alpha value is -1.67. The molecule has 1 saturated heterocycles. The van der Waals surface area contributed by atoms with Crippen molar-refractivity contribution < 1.29 is 30.0 Å². The van der Waals surface area contributed by atoms with Crippen LogP contribution in [0.3, 0.4) is 0 Å². The minimum Gasteiger partial charge on any atom is -0.480 e. The number of hydrogen-bond acceptors (Lipinski definition) is 9. The quantitative estimate of drug-likeness (QED) is 0.143. The number of hydrogen-bond donors (Lipinski definition) is 7. The number of aromatic amines is 1. The van der Waals surface area contributed by atoms with Crippen molar-refractivity contribution in [3.8, 4) is 0 Å².